The SMILES string of the molecule is Cc1ccc(CSCCNC(=O)c2cc(S(C)(=O)=O)ccc2Cl)cc1. The summed E-state index contributed by atoms with van der Waals surface area (Å²) in [6.45, 7) is 2.53. The minimum Gasteiger partial charge on any atom is -0.351 e. The van der Waals surface area contributed by atoms with Crippen LogP contribution in [0.5, 0.6) is 0 Å². The zero-order chi connectivity index (χ0) is 18.4. The summed E-state index contributed by atoms with van der Waals surface area (Å²) >= 11 is 7.73. The first-order chi connectivity index (χ1) is 11.8. The molecule has 0 atom stereocenters. The van der Waals surface area contributed by atoms with Crippen molar-refractivity contribution in [2.45, 2.75) is 17.6 Å². The number of hydrogen-bond acceptors (Lipinski definition) is 4. The van der Waals surface area contributed by atoms with Crippen LogP contribution in [0.4, 0.5) is 0 Å². The number of halogens is 1. The highest BCUT2D eigenvalue weighted by atomic mass is 35.5. The molecule has 2 aromatic carbocycles. The third-order valence-electron chi connectivity index (χ3n) is 3.53. The quantitative estimate of drug-likeness (QED) is 0.723. The number of thioether (sulfide) groups is 1. The van der Waals surface area contributed by atoms with Gasteiger partial charge in [0.15, 0.2) is 9.84 Å². The van der Waals surface area contributed by atoms with Gasteiger partial charge in [0, 0.05) is 24.3 Å². The third kappa shape index (κ3) is 6.06. The smallest absolute Gasteiger partial charge is 0.252 e. The van der Waals surface area contributed by atoms with Gasteiger partial charge in [-0.05, 0) is 30.7 Å². The van der Waals surface area contributed by atoms with Crippen LogP contribution in [0.15, 0.2) is 47.4 Å². The lowest BCUT2D eigenvalue weighted by atomic mass is 10.2. The highest BCUT2D eigenvalue weighted by Gasteiger charge is 2.15. The molecule has 0 saturated heterocycles. The average molecular weight is 398 g/mol. The van der Waals surface area contributed by atoms with Crippen LogP contribution in [0.3, 0.4) is 0 Å². The molecule has 0 saturated carbocycles. The van der Waals surface area contributed by atoms with Crippen molar-refractivity contribution in [1.82, 2.24) is 5.32 Å². The van der Waals surface area contributed by atoms with Gasteiger partial charge in [-0.25, -0.2) is 8.42 Å². The van der Waals surface area contributed by atoms with E-state index in [0.29, 0.717) is 6.54 Å². The lowest BCUT2D eigenvalue weighted by Gasteiger charge is -2.08. The Morgan fingerprint density at radius 1 is 1.16 bits per heavy atom. The average Bonchev–Trinajstić information content (AvgIpc) is 2.55. The van der Waals surface area contributed by atoms with Gasteiger partial charge in [0.1, 0.15) is 0 Å². The molecular formula is C18H20ClNO3S2. The molecule has 1 amide bonds. The monoisotopic (exact) mass is 397 g/mol. The molecule has 0 aliphatic heterocycles. The van der Waals surface area contributed by atoms with E-state index in [1.54, 1.807) is 11.8 Å². The number of rotatable bonds is 7. The van der Waals surface area contributed by atoms with E-state index in [4.69, 9.17) is 11.6 Å². The summed E-state index contributed by atoms with van der Waals surface area (Å²) < 4.78 is 23.2. The largest absolute Gasteiger partial charge is 0.351 e. The molecule has 0 heterocycles. The van der Waals surface area contributed by atoms with Crippen LogP contribution in [0.25, 0.3) is 0 Å². The Bertz CT molecular complexity index is 849. The van der Waals surface area contributed by atoms with Crippen molar-refractivity contribution in [3.63, 3.8) is 0 Å². The molecule has 7 heteroatoms. The molecular weight excluding hydrogens is 378 g/mol. The van der Waals surface area contributed by atoms with Crippen LogP contribution < -0.4 is 5.32 Å². The van der Waals surface area contributed by atoms with E-state index in [1.807, 2.05) is 0 Å². The Labute approximate surface area is 157 Å². The van der Waals surface area contributed by atoms with Crippen LogP contribution in [0.2, 0.25) is 5.02 Å². The van der Waals surface area contributed by atoms with Crippen molar-refractivity contribution in [2.75, 3.05) is 18.6 Å². The van der Waals surface area contributed by atoms with Crippen molar-refractivity contribution in [1.29, 1.82) is 0 Å². The normalized spacial score (nSPS) is 11.3. The van der Waals surface area contributed by atoms with Gasteiger partial charge in [0.25, 0.3) is 5.91 Å². The van der Waals surface area contributed by atoms with Gasteiger partial charge in [-0.15, -0.1) is 0 Å². The molecule has 4 nitrogen and oxygen atoms in total. The summed E-state index contributed by atoms with van der Waals surface area (Å²) in [5.74, 6) is 1.26. The van der Waals surface area contributed by atoms with Gasteiger partial charge in [0.05, 0.1) is 15.5 Å². The number of carbonyl (C=O) groups is 1. The number of sulfone groups is 1. The Balaban J connectivity index is 1.85. The standard InChI is InChI=1S/C18H20ClNO3S2/c1-13-3-5-14(6-4-13)12-24-10-9-20-18(21)16-11-15(25(2,22)23)7-8-17(16)19/h3-8,11H,9-10,12H2,1-2H3,(H,20,21). The molecule has 0 aromatic heterocycles. The number of amides is 1. The fourth-order valence-electron chi connectivity index (χ4n) is 2.12. The van der Waals surface area contributed by atoms with Crippen molar-refractivity contribution in [3.8, 4) is 0 Å². The number of hydrogen-bond donors (Lipinski definition) is 1. The van der Waals surface area contributed by atoms with Gasteiger partial charge in [0.2, 0.25) is 0 Å². The fourth-order valence-corrected chi connectivity index (χ4v) is 3.78. The Morgan fingerprint density at radius 3 is 2.48 bits per heavy atom. The molecule has 0 bridgehead atoms. The molecule has 134 valence electrons. The van der Waals surface area contributed by atoms with Crippen molar-refractivity contribution in [3.05, 3.63) is 64.2 Å². The first kappa shape index (κ1) is 19.8. The zero-order valence-electron chi connectivity index (χ0n) is 14.1. The maximum Gasteiger partial charge on any atom is 0.252 e. The van der Waals surface area contributed by atoms with Crippen molar-refractivity contribution >= 4 is 39.1 Å². The Hall–Kier alpha value is -1.50. The van der Waals surface area contributed by atoms with E-state index in [1.165, 1.54) is 29.3 Å². The maximum absolute atomic E-state index is 12.2. The summed E-state index contributed by atoms with van der Waals surface area (Å²) in [4.78, 5) is 12.3. The Kier molecular flexibility index (Phi) is 6.93. The fraction of sp³-hybridized carbons (Fsp3) is 0.278. The lowest BCUT2D eigenvalue weighted by molar-refractivity contribution is 0.0956. The van der Waals surface area contributed by atoms with E-state index in [2.05, 4.69) is 36.5 Å². The predicted octanol–water partition coefficient (Wildman–Crippen LogP) is 3.72. The summed E-state index contributed by atoms with van der Waals surface area (Å²) in [7, 11) is -3.38. The van der Waals surface area contributed by atoms with Gasteiger partial charge < -0.3 is 5.32 Å². The number of nitrogens with one attached hydrogen (secondary N) is 1. The predicted molar refractivity (Wildman–Crippen MR) is 104 cm³/mol. The first-order valence-corrected chi connectivity index (χ1v) is 11.1. The van der Waals surface area contributed by atoms with E-state index in [0.717, 1.165) is 17.8 Å². The molecule has 1 N–H and O–H groups in total. The molecule has 2 rings (SSSR count). The van der Waals surface area contributed by atoms with E-state index in [9.17, 15) is 13.2 Å². The summed E-state index contributed by atoms with van der Waals surface area (Å²) in [6, 6.07) is 12.5. The van der Waals surface area contributed by atoms with Gasteiger partial charge in [-0.1, -0.05) is 41.4 Å². The maximum atomic E-state index is 12.2. The van der Waals surface area contributed by atoms with E-state index < -0.39 is 9.84 Å². The van der Waals surface area contributed by atoms with Crippen LogP contribution in [0, 0.1) is 6.92 Å². The minimum atomic E-state index is -3.38. The molecule has 0 aliphatic carbocycles. The molecule has 0 unspecified atom stereocenters. The minimum absolute atomic E-state index is 0.0794. The molecule has 0 spiro atoms. The highest BCUT2D eigenvalue weighted by molar-refractivity contribution is 7.98. The van der Waals surface area contributed by atoms with Crippen LogP contribution >= 0.6 is 23.4 Å². The second-order valence-corrected chi connectivity index (χ2v) is 9.24. The zero-order valence-corrected chi connectivity index (χ0v) is 16.5. The molecule has 0 radical (unpaired) electrons. The highest BCUT2D eigenvalue weighted by Crippen LogP contribution is 2.20. The van der Waals surface area contributed by atoms with Crippen molar-refractivity contribution in [2.24, 2.45) is 0 Å². The van der Waals surface area contributed by atoms with Crippen LogP contribution in [0.1, 0.15) is 21.5 Å². The Morgan fingerprint density at radius 2 is 1.84 bits per heavy atom. The van der Waals surface area contributed by atoms with Crippen molar-refractivity contribution < 1.29 is 13.2 Å². The molecule has 25 heavy (non-hydrogen) atoms. The topological polar surface area (TPSA) is 63.2 Å². The molecule has 0 fully saturated rings. The van der Waals surface area contributed by atoms with E-state index in [-0.39, 0.29) is 21.4 Å². The van der Waals surface area contributed by atoms with Crippen LogP contribution in [-0.4, -0.2) is 32.9 Å². The number of carbonyl (C=O) groups excluding carboxylic acids is 1. The molecule has 2 aromatic rings. The summed E-state index contributed by atoms with van der Waals surface area (Å²) in [5.41, 5.74) is 2.65. The second-order valence-electron chi connectivity index (χ2n) is 5.71. The van der Waals surface area contributed by atoms with E-state index >= 15 is 0 Å². The first-order valence-electron chi connectivity index (χ1n) is 7.68. The van der Waals surface area contributed by atoms with Crippen LogP contribution in [-0.2, 0) is 15.6 Å². The van der Waals surface area contributed by atoms with Gasteiger partial charge in [-0.2, -0.15) is 11.8 Å². The third-order valence-corrected chi connectivity index (χ3v) is 6.00. The summed E-state index contributed by atoms with van der Waals surface area (Å²) in [6.07, 6.45) is 1.10. The van der Waals surface area contributed by atoms with Gasteiger partial charge in [-0.3, -0.25) is 4.79 Å². The molecule has 0 aliphatic rings. The lowest BCUT2D eigenvalue weighted by Crippen LogP contribution is -2.26. The number of benzene rings is 2. The number of aryl methyl sites for hydroxylation is 1. The second kappa shape index (κ2) is 8.74. The summed E-state index contributed by atoms with van der Waals surface area (Å²) in [5, 5.41) is 3.01. The van der Waals surface area contributed by atoms with Gasteiger partial charge >= 0.3 is 0 Å².